The summed E-state index contributed by atoms with van der Waals surface area (Å²) >= 11 is 0. The van der Waals surface area contributed by atoms with Crippen LogP contribution in [-0.2, 0) is 4.79 Å². The lowest BCUT2D eigenvalue weighted by Gasteiger charge is -2.21. The maximum Gasteiger partial charge on any atom is 0.136 e. The number of hydrogen-bond donors (Lipinski definition) is 0. The van der Waals surface area contributed by atoms with Gasteiger partial charge in [-0.2, -0.15) is 0 Å². The Labute approximate surface area is 93.3 Å². The van der Waals surface area contributed by atoms with Crippen molar-refractivity contribution in [2.75, 3.05) is 0 Å². The van der Waals surface area contributed by atoms with Gasteiger partial charge in [-0.25, -0.2) is 0 Å². The molecule has 1 fully saturated rings. The molecule has 0 spiro atoms. The molecule has 0 radical (unpaired) electrons. The molecule has 0 N–H and O–H groups in total. The highest BCUT2D eigenvalue weighted by atomic mass is 16.1. The second-order valence-electron chi connectivity index (χ2n) is 4.81. The molecule has 1 heteroatoms. The van der Waals surface area contributed by atoms with Crippen molar-refractivity contribution < 1.29 is 4.79 Å². The van der Waals surface area contributed by atoms with E-state index in [1.54, 1.807) is 0 Å². The van der Waals surface area contributed by atoms with Crippen LogP contribution in [0.5, 0.6) is 0 Å². The standard InChI is InChI=1S/C14H22O/c1-11(2)5-4-6-14(15)13-9-7-12(3)8-10-13/h5,13H,3-4,6-10H2,1-2H3. The lowest BCUT2D eigenvalue weighted by atomic mass is 9.83. The van der Waals surface area contributed by atoms with E-state index in [4.69, 9.17) is 0 Å². The van der Waals surface area contributed by atoms with E-state index in [1.807, 2.05) is 0 Å². The van der Waals surface area contributed by atoms with Gasteiger partial charge < -0.3 is 0 Å². The van der Waals surface area contributed by atoms with Crippen molar-refractivity contribution in [1.82, 2.24) is 0 Å². The van der Waals surface area contributed by atoms with Gasteiger partial charge in [-0.1, -0.05) is 23.8 Å². The van der Waals surface area contributed by atoms with Crippen LogP contribution in [0.3, 0.4) is 0 Å². The van der Waals surface area contributed by atoms with Crippen molar-refractivity contribution in [2.24, 2.45) is 5.92 Å². The van der Waals surface area contributed by atoms with Crippen molar-refractivity contribution in [3.63, 3.8) is 0 Å². The van der Waals surface area contributed by atoms with Crippen molar-refractivity contribution in [2.45, 2.75) is 52.4 Å². The molecule has 0 aromatic rings. The molecule has 0 aliphatic heterocycles. The third-order valence-electron chi connectivity index (χ3n) is 3.09. The number of carbonyl (C=O) groups excluding carboxylic acids is 1. The molecule has 1 saturated carbocycles. The summed E-state index contributed by atoms with van der Waals surface area (Å²) in [6.07, 6.45) is 7.97. The zero-order valence-corrected chi connectivity index (χ0v) is 10.0. The number of Topliss-reactive ketones (excluding diaryl/α,β-unsaturated/α-hetero) is 1. The molecule has 0 amide bonds. The summed E-state index contributed by atoms with van der Waals surface area (Å²) in [7, 11) is 0. The Morgan fingerprint density at radius 1 is 1.40 bits per heavy atom. The molecular weight excluding hydrogens is 184 g/mol. The predicted octanol–water partition coefficient (Wildman–Crippen LogP) is 4.05. The summed E-state index contributed by atoms with van der Waals surface area (Å²) in [5.41, 5.74) is 2.63. The van der Waals surface area contributed by atoms with Crippen LogP contribution in [0.2, 0.25) is 0 Å². The molecule has 15 heavy (non-hydrogen) atoms. The van der Waals surface area contributed by atoms with E-state index in [1.165, 1.54) is 11.1 Å². The summed E-state index contributed by atoms with van der Waals surface area (Å²) in [6.45, 7) is 8.13. The Hall–Kier alpha value is -0.850. The number of rotatable bonds is 4. The van der Waals surface area contributed by atoms with Gasteiger partial charge in [0, 0.05) is 12.3 Å². The van der Waals surface area contributed by atoms with Gasteiger partial charge in [-0.3, -0.25) is 4.79 Å². The van der Waals surface area contributed by atoms with E-state index in [2.05, 4.69) is 26.5 Å². The molecule has 0 saturated heterocycles. The maximum absolute atomic E-state index is 11.8. The van der Waals surface area contributed by atoms with E-state index in [9.17, 15) is 4.79 Å². The average Bonchev–Trinajstić information content (AvgIpc) is 2.18. The fourth-order valence-corrected chi connectivity index (χ4v) is 2.06. The van der Waals surface area contributed by atoms with Crippen LogP contribution in [0, 0.1) is 5.92 Å². The monoisotopic (exact) mass is 206 g/mol. The van der Waals surface area contributed by atoms with Crippen LogP contribution in [-0.4, -0.2) is 5.78 Å². The minimum atomic E-state index is 0.320. The van der Waals surface area contributed by atoms with Gasteiger partial charge in [-0.15, -0.1) is 0 Å². The normalized spacial score (nSPS) is 17.6. The highest BCUT2D eigenvalue weighted by Crippen LogP contribution is 2.28. The van der Waals surface area contributed by atoms with E-state index in [0.29, 0.717) is 11.7 Å². The zero-order chi connectivity index (χ0) is 11.3. The fourth-order valence-electron chi connectivity index (χ4n) is 2.06. The minimum Gasteiger partial charge on any atom is -0.299 e. The first-order valence-electron chi connectivity index (χ1n) is 5.92. The molecule has 0 aromatic carbocycles. The highest BCUT2D eigenvalue weighted by Gasteiger charge is 2.21. The topological polar surface area (TPSA) is 17.1 Å². The average molecular weight is 206 g/mol. The lowest BCUT2D eigenvalue weighted by Crippen LogP contribution is -2.17. The van der Waals surface area contributed by atoms with Gasteiger partial charge in [-0.05, 0) is 46.0 Å². The van der Waals surface area contributed by atoms with E-state index >= 15 is 0 Å². The minimum absolute atomic E-state index is 0.320. The van der Waals surface area contributed by atoms with Crippen LogP contribution in [0.15, 0.2) is 23.8 Å². The van der Waals surface area contributed by atoms with Crippen molar-refractivity contribution in [3.8, 4) is 0 Å². The van der Waals surface area contributed by atoms with Crippen LogP contribution in [0.25, 0.3) is 0 Å². The predicted molar refractivity (Wildman–Crippen MR) is 64.8 cm³/mol. The zero-order valence-electron chi connectivity index (χ0n) is 10.0. The molecule has 0 unspecified atom stereocenters. The third-order valence-corrected chi connectivity index (χ3v) is 3.09. The SMILES string of the molecule is C=C1CCC(C(=O)CCC=C(C)C)CC1. The molecule has 1 rings (SSSR count). The van der Waals surface area contributed by atoms with Crippen LogP contribution in [0.4, 0.5) is 0 Å². The lowest BCUT2D eigenvalue weighted by molar-refractivity contribution is -0.123. The second kappa shape index (κ2) is 5.89. The van der Waals surface area contributed by atoms with Crippen LogP contribution >= 0.6 is 0 Å². The molecule has 1 aliphatic rings. The Kier molecular flexibility index (Phi) is 4.80. The number of carbonyl (C=O) groups is 1. The Morgan fingerprint density at radius 2 is 2.00 bits per heavy atom. The van der Waals surface area contributed by atoms with E-state index < -0.39 is 0 Å². The first-order chi connectivity index (χ1) is 7.09. The summed E-state index contributed by atoms with van der Waals surface area (Å²) in [6, 6.07) is 0. The van der Waals surface area contributed by atoms with Gasteiger partial charge in [0.05, 0.1) is 0 Å². The Morgan fingerprint density at radius 3 is 2.53 bits per heavy atom. The fraction of sp³-hybridized carbons (Fsp3) is 0.643. The highest BCUT2D eigenvalue weighted by molar-refractivity contribution is 5.81. The van der Waals surface area contributed by atoms with E-state index in [-0.39, 0.29) is 0 Å². The molecule has 84 valence electrons. The summed E-state index contributed by atoms with van der Waals surface area (Å²) in [4.78, 5) is 11.8. The molecule has 1 aliphatic carbocycles. The molecular formula is C14H22O. The Balaban J connectivity index is 2.28. The van der Waals surface area contributed by atoms with Crippen LogP contribution < -0.4 is 0 Å². The number of ketones is 1. The molecule has 1 nitrogen and oxygen atoms in total. The maximum atomic E-state index is 11.8. The van der Waals surface area contributed by atoms with Crippen molar-refractivity contribution in [3.05, 3.63) is 23.8 Å². The summed E-state index contributed by atoms with van der Waals surface area (Å²) < 4.78 is 0. The molecule has 0 bridgehead atoms. The smallest absolute Gasteiger partial charge is 0.136 e. The molecule has 0 aromatic heterocycles. The van der Waals surface area contributed by atoms with Gasteiger partial charge in [0.25, 0.3) is 0 Å². The quantitative estimate of drug-likeness (QED) is 0.634. The summed E-state index contributed by atoms with van der Waals surface area (Å²) in [5, 5.41) is 0. The van der Waals surface area contributed by atoms with Gasteiger partial charge in [0.15, 0.2) is 0 Å². The van der Waals surface area contributed by atoms with Crippen molar-refractivity contribution >= 4 is 5.78 Å². The first kappa shape index (κ1) is 12.2. The molecule has 0 heterocycles. The number of hydrogen-bond acceptors (Lipinski definition) is 1. The van der Waals surface area contributed by atoms with Gasteiger partial charge >= 0.3 is 0 Å². The Bertz CT molecular complexity index is 259. The van der Waals surface area contributed by atoms with Crippen molar-refractivity contribution in [1.29, 1.82) is 0 Å². The largest absolute Gasteiger partial charge is 0.299 e. The second-order valence-corrected chi connectivity index (χ2v) is 4.81. The van der Waals surface area contributed by atoms with Gasteiger partial charge in [0.2, 0.25) is 0 Å². The van der Waals surface area contributed by atoms with Gasteiger partial charge in [0.1, 0.15) is 5.78 Å². The molecule has 0 atom stereocenters. The third kappa shape index (κ3) is 4.46. The first-order valence-corrected chi connectivity index (χ1v) is 5.92. The summed E-state index contributed by atoms with van der Waals surface area (Å²) in [5.74, 6) is 0.779. The number of allylic oxidation sites excluding steroid dienone is 3. The van der Waals surface area contributed by atoms with Crippen LogP contribution in [0.1, 0.15) is 52.4 Å². The van der Waals surface area contributed by atoms with E-state index in [0.717, 1.165) is 38.5 Å².